The van der Waals surface area contributed by atoms with Gasteiger partial charge in [-0.2, -0.15) is 19.4 Å². The number of piperazine rings is 1. The van der Waals surface area contributed by atoms with Crippen LogP contribution in [0.15, 0.2) is 12.4 Å². The van der Waals surface area contributed by atoms with Gasteiger partial charge >= 0.3 is 0 Å². The molecule has 11 nitrogen and oxygen atoms in total. The van der Waals surface area contributed by atoms with Crippen LogP contribution in [0.1, 0.15) is 50.3 Å². The highest BCUT2D eigenvalue weighted by atomic mass is 32.1. The predicted molar refractivity (Wildman–Crippen MR) is 139 cm³/mol. The van der Waals surface area contributed by atoms with Gasteiger partial charge in [-0.15, -0.1) is 0 Å². The largest absolute Gasteiger partial charge is 0.381 e. The first-order valence-electron chi connectivity index (χ1n) is 12.9. The van der Waals surface area contributed by atoms with Crippen molar-refractivity contribution in [3.05, 3.63) is 18.1 Å². The molecule has 1 amide bonds. The van der Waals surface area contributed by atoms with Crippen LogP contribution in [0.3, 0.4) is 0 Å². The van der Waals surface area contributed by atoms with Gasteiger partial charge in [0, 0.05) is 44.6 Å². The molecular weight excluding hydrogens is 478 g/mol. The zero-order valence-corrected chi connectivity index (χ0v) is 21.4. The number of amides is 1. The monoisotopic (exact) mass is 511 g/mol. The number of anilines is 3. The van der Waals surface area contributed by atoms with Crippen molar-refractivity contribution in [1.29, 1.82) is 0 Å². The highest BCUT2D eigenvalue weighted by Crippen LogP contribution is 2.32. The normalized spacial score (nSPS) is 24.1. The zero-order valence-electron chi connectivity index (χ0n) is 20.6. The summed E-state index contributed by atoms with van der Waals surface area (Å²) in [7, 11) is 0. The number of nitrogens with one attached hydrogen (secondary N) is 3. The third-order valence-corrected chi connectivity index (χ3v) is 8.38. The van der Waals surface area contributed by atoms with Gasteiger partial charge in [0.1, 0.15) is 5.82 Å². The van der Waals surface area contributed by atoms with Crippen molar-refractivity contribution in [2.45, 2.75) is 63.6 Å². The highest BCUT2D eigenvalue weighted by Gasteiger charge is 2.29. The Hall–Kier alpha value is -2.83. The summed E-state index contributed by atoms with van der Waals surface area (Å²) in [6.45, 7) is 5.79. The Morgan fingerprint density at radius 2 is 1.94 bits per heavy atom. The van der Waals surface area contributed by atoms with Gasteiger partial charge in [-0.25, -0.2) is 0 Å². The Balaban J connectivity index is 1.15. The number of rotatable bonds is 6. The first-order valence-corrected chi connectivity index (χ1v) is 13.7. The van der Waals surface area contributed by atoms with Crippen molar-refractivity contribution in [2.75, 3.05) is 43.5 Å². The first-order chi connectivity index (χ1) is 17.6. The molecule has 3 fully saturated rings. The van der Waals surface area contributed by atoms with Crippen LogP contribution in [-0.2, 0) is 9.53 Å². The Labute approximate surface area is 214 Å². The zero-order chi connectivity index (χ0) is 24.5. The number of carbonyl (C=O) groups excluding carboxylic acids is 1. The topological polar surface area (TPSA) is 122 Å². The molecule has 0 bridgehead atoms. The second-order valence-electron chi connectivity index (χ2n) is 9.99. The summed E-state index contributed by atoms with van der Waals surface area (Å²) in [6.07, 6.45) is 10.1. The van der Waals surface area contributed by atoms with Crippen LogP contribution >= 0.6 is 11.5 Å². The second-order valence-corrected chi connectivity index (χ2v) is 10.7. The Morgan fingerprint density at radius 1 is 1.11 bits per heavy atom. The van der Waals surface area contributed by atoms with Gasteiger partial charge in [0.25, 0.3) is 0 Å². The van der Waals surface area contributed by atoms with Gasteiger partial charge in [-0.1, -0.05) is 0 Å². The summed E-state index contributed by atoms with van der Waals surface area (Å²) < 4.78 is 12.0. The lowest BCUT2D eigenvalue weighted by Gasteiger charge is -2.38. The molecule has 0 atom stereocenters. The number of hydrogen-bond donors (Lipinski definition) is 3. The molecule has 0 aromatic carbocycles. The number of ether oxygens (including phenoxy) is 1. The number of aryl methyl sites for hydroxylation is 1. The van der Waals surface area contributed by atoms with Crippen molar-refractivity contribution in [3.63, 3.8) is 0 Å². The Kier molecular flexibility index (Phi) is 6.72. The molecule has 36 heavy (non-hydrogen) atoms. The third kappa shape index (κ3) is 5.02. The van der Waals surface area contributed by atoms with E-state index in [1.165, 1.54) is 11.5 Å². The lowest BCUT2D eigenvalue weighted by Crippen LogP contribution is -2.52. The van der Waals surface area contributed by atoms with Crippen LogP contribution in [0.4, 0.5) is 17.5 Å². The molecule has 0 spiro atoms. The van der Waals surface area contributed by atoms with Crippen molar-refractivity contribution < 1.29 is 9.53 Å². The minimum atomic E-state index is 0.142. The lowest BCUT2D eigenvalue weighted by molar-refractivity contribution is -0.125. The van der Waals surface area contributed by atoms with E-state index in [4.69, 9.17) is 14.7 Å². The van der Waals surface area contributed by atoms with E-state index >= 15 is 0 Å². The van der Waals surface area contributed by atoms with Gasteiger partial charge in [0.15, 0.2) is 4.83 Å². The molecule has 1 saturated carbocycles. The molecule has 12 heteroatoms. The second kappa shape index (κ2) is 10.3. The van der Waals surface area contributed by atoms with Crippen molar-refractivity contribution in [1.82, 2.24) is 34.3 Å². The Bertz CT molecular complexity index is 1210. The van der Waals surface area contributed by atoms with Crippen LogP contribution in [0.5, 0.6) is 0 Å². The maximum absolute atomic E-state index is 11.8. The van der Waals surface area contributed by atoms with Gasteiger partial charge in [0.2, 0.25) is 11.9 Å². The molecule has 2 aliphatic heterocycles. The van der Waals surface area contributed by atoms with Crippen molar-refractivity contribution in [2.24, 2.45) is 0 Å². The molecule has 192 valence electrons. The molecule has 3 N–H and O–H groups in total. The minimum absolute atomic E-state index is 0.142. The van der Waals surface area contributed by atoms with Gasteiger partial charge in [-0.3, -0.25) is 14.4 Å². The van der Waals surface area contributed by atoms with Crippen molar-refractivity contribution >= 4 is 45.1 Å². The maximum Gasteiger partial charge on any atom is 0.234 e. The molecule has 3 aromatic rings. The van der Waals surface area contributed by atoms with Crippen LogP contribution in [0, 0.1) is 6.92 Å². The Morgan fingerprint density at radius 3 is 2.75 bits per heavy atom. The van der Waals surface area contributed by atoms with E-state index in [1.807, 2.05) is 24.0 Å². The minimum Gasteiger partial charge on any atom is -0.381 e. The SMILES string of the molecule is Cc1nsc2nc(Nc3cnn(C4CCOCC4)c3)nc(NC3CCC(N4CCNC(=O)C4)CC3)c12. The van der Waals surface area contributed by atoms with E-state index in [0.29, 0.717) is 30.6 Å². The molecule has 3 aromatic heterocycles. The summed E-state index contributed by atoms with van der Waals surface area (Å²) >= 11 is 1.40. The average molecular weight is 512 g/mol. The highest BCUT2D eigenvalue weighted by molar-refractivity contribution is 7.13. The average Bonchev–Trinajstić information content (AvgIpc) is 3.52. The van der Waals surface area contributed by atoms with Crippen LogP contribution in [0.25, 0.3) is 10.2 Å². The van der Waals surface area contributed by atoms with E-state index in [-0.39, 0.29) is 5.91 Å². The number of aromatic nitrogens is 5. The molecule has 5 heterocycles. The van der Waals surface area contributed by atoms with Crippen LogP contribution in [0.2, 0.25) is 0 Å². The van der Waals surface area contributed by atoms with E-state index in [0.717, 1.165) is 92.2 Å². The predicted octanol–water partition coefficient (Wildman–Crippen LogP) is 2.84. The number of hydrogen-bond acceptors (Lipinski definition) is 10. The molecule has 6 rings (SSSR count). The first kappa shape index (κ1) is 23.6. The summed E-state index contributed by atoms with van der Waals surface area (Å²) in [5.74, 6) is 1.53. The fourth-order valence-electron chi connectivity index (χ4n) is 5.58. The quantitative estimate of drug-likeness (QED) is 0.458. The number of nitrogens with zero attached hydrogens (tertiary/aromatic N) is 6. The van der Waals surface area contributed by atoms with Gasteiger partial charge < -0.3 is 20.7 Å². The van der Waals surface area contributed by atoms with E-state index in [1.54, 1.807) is 0 Å². The lowest BCUT2D eigenvalue weighted by atomic mass is 9.89. The molecule has 3 aliphatic rings. The maximum atomic E-state index is 11.8. The molecular formula is C24H33N9O2S. The smallest absolute Gasteiger partial charge is 0.234 e. The third-order valence-electron chi connectivity index (χ3n) is 7.55. The molecule has 0 radical (unpaired) electrons. The summed E-state index contributed by atoms with van der Waals surface area (Å²) in [6, 6.07) is 1.18. The van der Waals surface area contributed by atoms with Crippen LogP contribution < -0.4 is 16.0 Å². The fraction of sp³-hybridized carbons (Fsp3) is 0.625. The fourth-order valence-corrected chi connectivity index (χ4v) is 6.36. The molecule has 0 unspecified atom stereocenters. The van der Waals surface area contributed by atoms with Crippen LogP contribution in [-0.4, -0.2) is 79.9 Å². The molecule has 2 saturated heterocycles. The summed E-state index contributed by atoms with van der Waals surface area (Å²) in [5, 5.41) is 15.5. The summed E-state index contributed by atoms with van der Waals surface area (Å²) in [5.41, 5.74) is 1.82. The summed E-state index contributed by atoms with van der Waals surface area (Å²) in [4.78, 5) is 24.6. The number of fused-ring (bicyclic) bond motifs is 1. The van der Waals surface area contributed by atoms with Gasteiger partial charge in [-0.05, 0) is 57.0 Å². The van der Waals surface area contributed by atoms with E-state index in [2.05, 4.69) is 30.3 Å². The number of carbonyl (C=O) groups is 1. The standard InChI is InChI=1S/C24H33N9O2S/c1-15-21-22(27-16-2-4-18(5-3-16)32-9-8-25-20(34)14-32)29-24(30-23(21)36-31-15)28-17-12-26-33(13-17)19-6-10-35-11-7-19/h12-13,16,18-19H,2-11,14H2,1H3,(H,25,34)(H2,27,28,29,30). The molecule has 1 aliphatic carbocycles. The van der Waals surface area contributed by atoms with Crippen molar-refractivity contribution in [3.8, 4) is 0 Å². The van der Waals surface area contributed by atoms with Gasteiger partial charge in [0.05, 0.1) is 35.6 Å². The van der Waals surface area contributed by atoms with E-state index < -0.39 is 0 Å². The van der Waals surface area contributed by atoms with E-state index in [9.17, 15) is 4.79 Å².